The second-order valence-corrected chi connectivity index (χ2v) is 11.3. The summed E-state index contributed by atoms with van der Waals surface area (Å²) < 4.78 is 40.0. The standard InChI is InChI=1S/C29H34N2O5S.H2/c1-7-36-27-13-9-12-26-25(27)18-31(17-24-20(3)14-19(2)15-21(24)4)29(26,5)28(32)30-37(33,34)23-11-8-10-22(16-23)35-6;/h8-16H,7,17-18H2,1-6H3,(H,30,32);1H. The van der Waals surface area contributed by atoms with Crippen LogP contribution in [0.1, 0.15) is 48.7 Å². The van der Waals surface area contributed by atoms with Gasteiger partial charge in [0, 0.05) is 26.1 Å². The minimum Gasteiger partial charge on any atom is -0.497 e. The van der Waals surface area contributed by atoms with Crippen LogP contribution in [0.15, 0.2) is 59.5 Å². The van der Waals surface area contributed by atoms with Gasteiger partial charge in [-0.05, 0) is 75.1 Å². The van der Waals surface area contributed by atoms with Crippen LogP contribution in [-0.4, -0.2) is 32.9 Å². The number of hydrogen-bond donors (Lipinski definition) is 1. The Hall–Kier alpha value is -3.36. The summed E-state index contributed by atoms with van der Waals surface area (Å²) in [6.45, 7) is 11.3. The van der Waals surface area contributed by atoms with E-state index in [-0.39, 0.29) is 6.32 Å². The molecule has 0 spiro atoms. The molecule has 0 aliphatic carbocycles. The Kier molecular flexibility index (Phi) is 7.35. The highest BCUT2D eigenvalue weighted by atomic mass is 32.2. The Morgan fingerprint density at radius 1 is 1.08 bits per heavy atom. The molecule has 1 amide bonds. The van der Waals surface area contributed by atoms with Crippen LogP contribution >= 0.6 is 0 Å². The van der Waals surface area contributed by atoms with Crippen LogP contribution in [0.5, 0.6) is 11.5 Å². The highest BCUT2D eigenvalue weighted by Gasteiger charge is 2.49. The van der Waals surface area contributed by atoms with Crippen molar-refractivity contribution in [1.29, 1.82) is 0 Å². The maximum Gasteiger partial charge on any atom is 0.264 e. The number of amides is 1. The van der Waals surface area contributed by atoms with E-state index in [1.54, 1.807) is 19.1 Å². The lowest BCUT2D eigenvalue weighted by molar-refractivity contribution is -0.131. The van der Waals surface area contributed by atoms with Crippen LogP contribution in [0, 0.1) is 20.8 Å². The Morgan fingerprint density at radius 3 is 2.41 bits per heavy atom. The van der Waals surface area contributed by atoms with Crippen molar-refractivity contribution in [2.75, 3.05) is 13.7 Å². The van der Waals surface area contributed by atoms with Gasteiger partial charge in [-0.1, -0.05) is 35.9 Å². The molecule has 1 unspecified atom stereocenters. The van der Waals surface area contributed by atoms with Crippen molar-refractivity contribution in [3.05, 3.63) is 88.0 Å². The van der Waals surface area contributed by atoms with Crippen LogP contribution in [0.3, 0.4) is 0 Å². The van der Waals surface area contributed by atoms with E-state index in [1.807, 2.05) is 30.0 Å². The van der Waals surface area contributed by atoms with Crippen LogP contribution in [-0.2, 0) is 33.4 Å². The fourth-order valence-electron chi connectivity index (χ4n) is 5.17. The van der Waals surface area contributed by atoms with Gasteiger partial charge in [0.05, 0.1) is 18.6 Å². The van der Waals surface area contributed by atoms with Gasteiger partial charge in [0.15, 0.2) is 0 Å². The fraction of sp³-hybridized carbons (Fsp3) is 0.345. The third kappa shape index (κ3) is 4.95. The molecule has 37 heavy (non-hydrogen) atoms. The van der Waals surface area contributed by atoms with Crippen molar-refractivity contribution >= 4 is 15.9 Å². The predicted octanol–water partition coefficient (Wildman–Crippen LogP) is 5.00. The molecule has 3 aromatic carbocycles. The molecule has 1 aliphatic rings. The molecular weight excluding hydrogens is 488 g/mol. The summed E-state index contributed by atoms with van der Waals surface area (Å²) in [4.78, 5) is 16.0. The lowest BCUT2D eigenvalue weighted by Crippen LogP contribution is -2.52. The molecule has 1 N–H and O–H groups in total. The number of fused-ring (bicyclic) bond motifs is 1. The van der Waals surface area contributed by atoms with Crippen LogP contribution in [0.4, 0.5) is 0 Å². The molecule has 198 valence electrons. The third-order valence-electron chi connectivity index (χ3n) is 7.15. The molecule has 8 heteroatoms. The number of carbonyl (C=O) groups excluding carboxylic acids is 1. The summed E-state index contributed by atoms with van der Waals surface area (Å²) in [6, 6.07) is 15.9. The van der Waals surface area contributed by atoms with E-state index in [2.05, 4.69) is 37.6 Å². The SMILES string of the molecule is CCOc1cccc2c1CN(Cc1c(C)cc(C)cc1C)C2(C)C(=O)NS(=O)(=O)c1cccc(OC)c1.[HH]. The summed E-state index contributed by atoms with van der Waals surface area (Å²) >= 11 is 0. The molecule has 1 aliphatic heterocycles. The molecule has 0 saturated heterocycles. The Balaban J connectivity index is 0.00000400. The first-order valence-corrected chi connectivity index (χ1v) is 13.8. The van der Waals surface area contributed by atoms with Crippen LogP contribution in [0.2, 0.25) is 0 Å². The molecule has 0 radical (unpaired) electrons. The first-order chi connectivity index (χ1) is 17.5. The highest BCUT2D eigenvalue weighted by Crippen LogP contribution is 2.44. The Labute approximate surface area is 220 Å². The minimum absolute atomic E-state index is 0. The van der Waals surface area contributed by atoms with Crippen molar-refractivity contribution in [1.82, 2.24) is 9.62 Å². The van der Waals surface area contributed by atoms with E-state index >= 15 is 0 Å². The van der Waals surface area contributed by atoms with E-state index in [0.29, 0.717) is 31.2 Å². The summed E-state index contributed by atoms with van der Waals surface area (Å²) in [7, 11) is -2.68. The second-order valence-electron chi connectivity index (χ2n) is 9.63. The third-order valence-corrected chi connectivity index (χ3v) is 8.48. The van der Waals surface area contributed by atoms with E-state index in [0.717, 1.165) is 27.8 Å². The Bertz CT molecular complexity index is 1430. The topological polar surface area (TPSA) is 84.9 Å². The number of nitrogens with one attached hydrogen (secondary N) is 1. The average molecular weight is 525 g/mol. The van der Waals surface area contributed by atoms with Crippen LogP contribution < -0.4 is 14.2 Å². The number of aryl methyl sites for hydroxylation is 3. The number of rotatable bonds is 8. The average Bonchev–Trinajstić information content (AvgIpc) is 3.15. The van der Waals surface area contributed by atoms with Gasteiger partial charge in [0.2, 0.25) is 0 Å². The molecule has 0 aromatic heterocycles. The van der Waals surface area contributed by atoms with Crippen molar-refractivity contribution in [2.24, 2.45) is 0 Å². The van der Waals surface area contributed by atoms with Gasteiger partial charge >= 0.3 is 0 Å². The molecular formula is C29H36N2O5S. The number of hydrogen-bond acceptors (Lipinski definition) is 6. The molecule has 0 bridgehead atoms. The van der Waals surface area contributed by atoms with Gasteiger partial charge in [-0.25, -0.2) is 13.1 Å². The molecule has 7 nitrogen and oxygen atoms in total. The summed E-state index contributed by atoms with van der Waals surface area (Å²) in [5.74, 6) is 0.473. The summed E-state index contributed by atoms with van der Waals surface area (Å²) in [5.41, 5.74) is 4.92. The maximum absolute atomic E-state index is 14.0. The van der Waals surface area contributed by atoms with Crippen LogP contribution in [0.25, 0.3) is 0 Å². The maximum atomic E-state index is 14.0. The Morgan fingerprint density at radius 2 is 1.76 bits per heavy atom. The number of sulfonamides is 1. The first-order valence-electron chi connectivity index (χ1n) is 12.3. The molecule has 0 fully saturated rings. The highest BCUT2D eigenvalue weighted by molar-refractivity contribution is 7.90. The largest absolute Gasteiger partial charge is 0.497 e. The van der Waals surface area contributed by atoms with Crippen molar-refractivity contribution in [3.8, 4) is 11.5 Å². The number of carbonyl (C=O) groups is 1. The zero-order valence-electron chi connectivity index (χ0n) is 22.2. The zero-order chi connectivity index (χ0) is 27.0. The quantitative estimate of drug-likeness (QED) is 0.446. The lowest BCUT2D eigenvalue weighted by Gasteiger charge is -2.35. The van der Waals surface area contributed by atoms with Gasteiger partial charge in [-0.3, -0.25) is 9.69 Å². The van der Waals surface area contributed by atoms with Crippen molar-refractivity contribution < 1.29 is 24.1 Å². The van der Waals surface area contributed by atoms with Crippen molar-refractivity contribution in [3.63, 3.8) is 0 Å². The van der Waals surface area contributed by atoms with E-state index in [4.69, 9.17) is 9.47 Å². The number of benzene rings is 3. The molecule has 1 atom stereocenters. The normalized spacial score (nSPS) is 17.4. The van der Waals surface area contributed by atoms with Gasteiger partial charge in [0.25, 0.3) is 15.9 Å². The van der Waals surface area contributed by atoms with Gasteiger partial charge in [0.1, 0.15) is 17.0 Å². The lowest BCUT2D eigenvalue weighted by atomic mass is 9.89. The summed E-state index contributed by atoms with van der Waals surface area (Å²) in [5, 5.41) is 0. The van der Waals surface area contributed by atoms with Gasteiger partial charge in [-0.15, -0.1) is 0 Å². The monoisotopic (exact) mass is 524 g/mol. The number of nitrogens with zero attached hydrogens (tertiary/aromatic N) is 1. The van der Waals surface area contributed by atoms with Gasteiger partial charge < -0.3 is 9.47 Å². The predicted molar refractivity (Wildman–Crippen MR) is 145 cm³/mol. The summed E-state index contributed by atoms with van der Waals surface area (Å²) in [6.07, 6.45) is 0. The first kappa shape index (κ1) is 26.7. The minimum atomic E-state index is -4.15. The van der Waals surface area contributed by atoms with Gasteiger partial charge in [-0.2, -0.15) is 0 Å². The van der Waals surface area contributed by atoms with E-state index in [9.17, 15) is 13.2 Å². The fourth-order valence-corrected chi connectivity index (χ4v) is 6.26. The molecule has 4 rings (SSSR count). The smallest absolute Gasteiger partial charge is 0.264 e. The number of ether oxygens (including phenoxy) is 2. The molecule has 3 aromatic rings. The van der Waals surface area contributed by atoms with Crippen molar-refractivity contribution in [2.45, 2.75) is 58.1 Å². The van der Waals surface area contributed by atoms with E-state index < -0.39 is 21.5 Å². The van der Waals surface area contributed by atoms with E-state index in [1.165, 1.54) is 24.8 Å². The molecule has 0 saturated carbocycles. The zero-order valence-corrected chi connectivity index (χ0v) is 23.0. The second kappa shape index (κ2) is 10.2. The molecule has 1 heterocycles. The number of methoxy groups -OCH3 is 1.